The predicted octanol–water partition coefficient (Wildman–Crippen LogP) is 1.33. The van der Waals surface area contributed by atoms with E-state index in [0.29, 0.717) is 18.8 Å². The van der Waals surface area contributed by atoms with Gasteiger partial charge in [0.05, 0.1) is 25.7 Å². The van der Waals surface area contributed by atoms with Crippen molar-refractivity contribution < 1.29 is 18.9 Å². The molecule has 0 unspecified atom stereocenters. The SMILES string of the molecule is CCC[NH+](CCC)CCCNC(=O)N[C@@H]1CC(=O)N(c2cccc(F)c2)C1. The number of hydrogen-bond acceptors (Lipinski definition) is 2. The number of anilines is 1. The van der Waals surface area contributed by atoms with E-state index in [0.717, 1.165) is 13.0 Å². The molecule has 1 atom stereocenters. The number of halogens is 1. The summed E-state index contributed by atoms with van der Waals surface area (Å²) in [7, 11) is 0. The molecule has 1 aliphatic rings. The lowest BCUT2D eigenvalue weighted by Gasteiger charge is -2.19. The van der Waals surface area contributed by atoms with Gasteiger partial charge in [-0.1, -0.05) is 19.9 Å². The van der Waals surface area contributed by atoms with E-state index in [4.69, 9.17) is 0 Å². The topological polar surface area (TPSA) is 65.9 Å². The fourth-order valence-electron chi connectivity index (χ4n) is 3.56. The molecule has 1 aromatic carbocycles. The third-order valence-corrected chi connectivity index (χ3v) is 4.78. The van der Waals surface area contributed by atoms with Crippen LogP contribution in [0.15, 0.2) is 24.3 Å². The van der Waals surface area contributed by atoms with Gasteiger partial charge < -0.3 is 20.4 Å². The van der Waals surface area contributed by atoms with Crippen LogP contribution in [0, 0.1) is 5.82 Å². The normalized spacial score (nSPS) is 16.8. The highest BCUT2D eigenvalue weighted by Crippen LogP contribution is 2.22. The van der Waals surface area contributed by atoms with Gasteiger partial charge in [-0.25, -0.2) is 9.18 Å². The van der Waals surface area contributed by atoms with Gasteiger partial charge in [-0.3, -0.25) is 4.79 Å². The second-order valence-electron chi connectivity index (χ2n) is 7.14. The van der Waals surface area contributed by atoms with E-state index in [1.165, 1.54) is 43.0 Å². The molecule has 150 valence electrons. The Bertz CT molecular complexity index is 620. The molecule has 0 saturated carbocycles. The molecule has 0 aromatic heterocycles. The Morgan fingerprint density at radius 2 is 2.00 bits per heavy atom. The average Bonchev–Trinajstić information content (AvgIpc) is 2.99. The van der Waals surface area contributed by atoms with Crippen LogP contribution in [0.25, 0.3) is 0 Å². The molecular formula is C20H32FN4O2+. The summed E-state index contributed by atoms with van der Waals surface area (Å²) < 4.78 is 13.4. The van der Waals surface area contributed by atoms with Gasteiger partial charge in [-0.05, 0) is 31.0 Å². The summed E-state index contributed by atoms with van der Waals surface area (Å²) in [6.45, 7) is 8.75. The van der Waals surface area contributed by atoms with E-state index in [-0.39, 0.29) is 30.2 Å². The highest BCUT2D eigenvalue weighted by molar-refractivity contribution is 5.96. The Morgan fingerprint density at radius 3 is 2.67 bits per heavy atom. The molecule has 1 aromatic rings. The number of nitrogens with one attached hydrogen (secondary N) is 3. The number of rotatable bonds is 10. The molecule has 6 nitrogen and oxygen atoms in total. The van der Waals surface area contributed by atoms with Crippen LogP contribution in [0.1, 0.15) is 39.5 Å². The average molecular weight is 380 g/mol. The van der Waals surface area contributed by atoms with Crippen LogP contribution in [0.2, 0.25) is 0 Å². The van der Waals surface area contributed by atoms with Gasteiger partial charge >= 0.3 is 6.03 Å². The highest BCUT2D eigenvalue weighted by Gasteiger charge is 2.31. The van der Waals surface area contributed by atoms with Gasteiger partial charge in [-0.15, -0.1) is 0 Å². The first-order chi connectivity index (χ1) is 13.0. The summed E-state index contributed by atoms with van der Waals surface area (Å²) in [5.41, 5.74) is 0.527. The molecular weight excluding hydrogens is 347 g/mol. The van der Waals surface area contributed by atoms with Crippen LogP contribution in [0.5, 0.6) is 0 Å². The molecule has 1 heterocycles. The first kappa shape index (κ1) is 21.2. The van der Waals surface area contributed by atoms with Gasteiger partial charge in [0.25, 0.3) is 0 Å². The van der Waals surface area contributed by atoms with E-state index >= 15 is 0 Å². The Labute approximate surface area is 161 Å². The van der Waals surface area contributed by atoms with Gasteiger partial charge in [0.15, 0.2) is 0 Å². The Kier molecular flexibility index (Phi) is 8.51. The van der Waals surface area contributed by atoms with Gasteiger partial charge in [-0.2, -0.15) is 0 Å². The third kappa shape index (κ3) is 6.82. The maximum absolute atomic E-state index is 13.4. The highest BCUT2D eigenvalue weighted by atomic mass is 19.1. The summed E-state index contributed by atoms with van der Waals surface area (Å²) in [6.07, 6.45) is 3.50. The van der Waals surface area contributed by atoms with E-state index in [1.807, 2.05) is 0 Å². The van der Waals surface area contributed by atoms with Crippen molar-refractivity contribution in [2.75, 3.05) is 37.6 Å². The second-order valence-corrected chi connectivity index (χ2v) is 7.14. The van der Waals surface area contributed by atoms with E-state index < -0.39 is 0 Å². The van der Waals surface area contributed by atoms with Crippen LogP contribution in [-0.2, 0) is 4.79 Å². The van der Waals surface area contributed by atoms with Crippen molar-refractivity contribution in [2.45, 2.75) is 45.6 Å². The molecule has 3 amide bonds. The van der Waals surface area contributed by atoms with Gasteiger partial charge in [0.1, 0.15) is 5.82 Å². The van der Waals surface area contributed by atoms with Crippen molar-refractivity contribution in [2.24, 2.45) is 0 Å². The van der Waals surface area contributed by atoms with Gasteiger partial charge in [0, 0.05) is 31.6 Å². The van der Waals surface area contributed by atoms with Crippen molar-refractivity contribution in [3.63, 3.8) is 0 Å². The first-order valence-corrected chi connectivity index (χ1v) is 9.97. The van der Waals surface area contributed by atoms with Crippen LogP contribution in [0.3, 0.4) is 0 Å². The van der Waals surface area contributed by atoms with E-state index in [2.05, 4.69) is 24.5 Å². The predicted molar refractivity (Wildman–Crippen MR) is 104 cm³/mol. The Morgan fingerprint density at radius 1 is 1.26 bits per heavy atom. The summed E-state index contributed by atoms with van der Waals surface area (Å²) in [5, 5.41) is 5.72. The number of amides is 3. The van der Waals surface area contributed by atoms with Crippen LogP contribution in [0.4, 0.5) is 14.9 Å². The second kappa shape index (κ2) is 10.9. The number of carbonyl (C=O) groups excluding carboxylic acids is 2. The smallest absolute Gasteiger partial charge is 0.315 e. The lowest BCUT2D eigenvalue weighted by molar-refractivity contribution is -0.900. The summed E-state index contributed by atoms with van der Waals surface area (Å²) >= 11 is 0. The molecule has 27 heavy (non-hydrogen) atoms. The number of urea groups is 1. The quantitative estimate of drug-likeness (QED) is 0.537. The molecule has 1 saturated heterocycles. The molecule has 1 aliphatic heterocycles. The molecule has 0 spiro atoms. The fourth-order valence-corrected chi connectivity index (χ4v) is 3.56. The largest absolute Gasteiger partial charge is 0.338 e. The molecule has 0 aliphatic carbocycles. The summed E-state index contributed by atoms with van der Waals surface area (Å²) in [4.78, 5) is 27.3. The molecule has 1 fully saturated rings. The molecule has 7 heteroatoms. The zero-order valence-corrected chi connectivity index (χ0v) is 16.4. The van der Waals surface area contributed by atoms with Crippen molar-refractivity contribution in [1.29, 1.82) is 0 Å². The fraction of sp³-hybridized carbons (Fsp3) is 0.600. The molecule has 0 bridgehead atoms. The maximum Gasteiger partial charge on any atom is 0.315 e. The van der Waals surface area contributed by atoms with E-state index in [9.17, 15) is 14.0 Å². The van der Waals surface area contributed by atoms with Crippen molar-refractivity contribution >= 4 is 17.6 Å². The third-order valence-electron chi connectivity index (χ3n) is 4.78. The standard InChI is InChI=1S/C20H31FN4O2/c1-3-10-24(11-4-2)12-6-9-22-20(27)23-17-14-19(26)25(15-17)18-8-5-7-16(21)13-18/h5,7-8,13,17H,3-4,6,9-12,14-15H2,1-2H3,(H2,22,23,27)/p+1/t17-/m1/s1. The Balaban J connectivity index is 1.71. The number of quaternary nitrogens is 1. The molecule has 2 rings (SSSR count). The van der Waals surface area contributed by atoms with Crippen LogP contribution in [-0.4, -0.2) is 50.7 Å². The van der Waals surface area contributed by atoms with Crippen molar-refractivity contribution in [3.05, 3.63) is 30.1 Å². The number of hydrogen-bond donors (Lipinski definition) is 3. The van der Waals surface area contributed by atoms with E-state index in [1.54, 1.807) is 17.0 Å². The lowest BCUT2D eigenvalue weighted by Crippen LogP contribution is -3.12. The van der Waals surface area contributed by atoms with Crippen LogP contribution < -0.4 is 20.4 Å². The molecule has 3 N–H and O–H groups in total. The summed E-state index contributed by atoms with van der Waals surface area (Å²) in [6, 6.07) is 5.44. The zero-order valence-electron chi connectivity index (χ0n) is 16.4. The zero-order chi connectivity index (χ0) is 19.6. The maximum atomic E-state index is 13.4. The van der Waals surface area contributed by atoms with Gasteiger partial charge in [0.2, 0.25) is 5.91 Å². The van der Waals surface area contributed by atoms with Crippen molar-refractivity contribution in [3.8, 4) is 0 Å². The number of benzene rings is 1. The number of carbonyl (C=O) groups is 2. The number of nitrogens with zero attached hydrogens (tertiary/aromatic N) is 1. The van der Waals surface area contributed by atoms with Crippen molar-refractivity contribution in [1.82, 2.24) is 10.6 Å². The molecule has 0 radical (unpaired) electrons. The monoisotopic (exact) mass is 379 g/mol. The first-order valence-electron chi connectivity index (χ1n) is 9.97. The lowest BCUT2D eigenvalue weighted by atomic mass is 10.2. The minimum Gasteiger partial charge on any atom is -0.338 e. The Hall–Kier alpha value is -2.15. The summed E-state index contributed by atoms with van der Waals surface area (Å²) in [5.74, 6) is -0.485. The minimum absolute atomic E-state index is 0.107. The van der Waals surface area contributed by atoms with Crippen LogP contribution >= 0.6 is 0 Å². The minimum atomic E-state index is -0.378.